The highest BCUT2D eigenvalue weighted by Gasteiger charge is 2.44. The van der Waals surface area contributed by atoms with Crippen molar-refractivity contribution in [3.63, 3.8) is 0 Å². The minimum atomic E-state index is -0.663. The maximum atomic E-state index is 13.0. The van der Waals surface area contributed by atoms with Crippen LogP contribution in [0.4, 0.5) is 4.79 Å². The Morgan fingerprint density at radius 1 is 1.27 bits per heavy atom. The molecule has 0 spiro atoms. The Balaban J connectivity index is 1.70. The average molecular weight is 430 g/mol. The SMILES string of the molecule is CC(C)(C)OC(=O)N1C(C(=O)NCCc2ccc(O)cc2)CSC1c1cccnc1. The molecule has 30 heavy (non-hydrogen) atoms. The molecule has 1 aliphatic rings. The number of hydrogen-bond acceptors (Lipinski definition) is 6. The number of nitrogens with one attached hydrogen (secondary N) is 1. The molecule has 2 amide bonds. The quantitative estimate of drug-likeness (QED) is 0.756. The van der Waals surface area contributed by atoms with Crippen molar-refractivity contribution < 1.29 is 19.4 Å². The molecule has 2 heterocycles. The fraction of sp³-hybridized carbons (Fsp3) is 0.409. The van der Waals surface area contributed by atoms with Crippen LogP contribution >= 0.6 is 11.8 Å². The predicted molar refractivity (Wildman–Crippen MR) is 116 cm³/mol. The number of hydrogen-bond donors (Lipinski definition) is 2. The first-order valence-electron chi connectivity index (χ1n) is 9.83. The van der Waals surface area contributed by atoms with Crippen LogP contribution in [0.15, 0.2) is 48.8 Å². The zero-order chi connectivity index (χ0) is 21.7. The van der Waals surface area contributed by atoms with Crippen LogP contribution in [0, 0.1) is 0 Å². The number of phenolic OH excluding ortho intramolecular Hbond substituents is 1. The van der Waals surface area contributed by atoms with Gasteiger partial charge in [-0.25, -0.2) is 4.79 Å². The van der Waals surface area contributed by atoms with Gasteiger partial charge in [0.05, 0.1) is 0 Å². The first-order valence-corrected chi connectivity index (χ1v) is 10.9. The van der Waals surface area contributed by atoms with Gasteiger partial charge in [-0.15, -0.1) is 11.8 Å². The van der Waals surface area contributed by atoms with Crippen LogP contribution < -0.4 is 5.32 Å². The van der Waals surface area contributed by atoms with Gasteiger partial charge in [-0.05, 0) is 51.0 Å². The molecular formula is C22H27N3O4S. The Hall–Kier alpha value is -2.74. The maximum absolute atomic E-state index is 13.0. The zero-order valence-electron chi connectivity index (χ0n) is 17.4. The number of thioether (sulfide) groups is 1. The third kappa shape index (κ3) is 5.66. The minimum absolute atomic E-state index is 0.209. The van der Waals surface area contributed by atoms with E-state index in [1.807, 2.05) is 24.3 Å². The molecule has 0 aliphatic carbocycles. The third-order valence-corrected chi connectivity index (χ3v) is 5.85. The van der Waals surface area contributed by atoms with Crippen LogP contribution in [0.2, 0.25) is 0 Å². The lowest BCUT2D eigenvalue weighted by Gasteiger charge is -2.31. The van der Waals surface area contributed by atoms with Crippen molar-refractivity contribution in [1.29, 1.82) is 0 Å². The monoisotopic (exact) mass is 429 g/mol. The summed E-state index contributed by atoms with van der Waals surface area (Å²) in [5.74, 6) is 0.475. The van der Waals surface area contributed by atoms with E-state index in [1.165, 1.54) is 16.7 Å². The molecule has 0 radical (unpaired) electrons. The van der Waals surface area contributed by atoms with E-state index in [0.29, 0.717) is 18.7 Å². The molecule has 0 bridgehead atoms. The normalized spacial score (nSPS) is 18.8. The lowest BCUT2D eigenvalue weighted by molar-refractivity contribution is -0.125. The van der Waals surface area contributed by atoms with Gasteiger partial charge >= 0.3 is 6.09 Å². The van der Waals surface area contributed by atoms with Crippen molar-refractivity contribution >= 4 is 23.8 Å². The summed E-state index contributed by atoms with van der Waals surface area (Å²) in [5, 5.41) is 12.0. The zero-order valence-corrected chi connectivity index (χ0v) is 18.2. The van der Waals surface area contributed by atoms with Gasteiger partial charge in [0.15, 0.2) is 0 Å². The Bertz CT molecular complexity index is 868. The van der Waals surface area contributed by atoms with Gasteiger partial charge in [0.2, 0.25) is 5.91 Å². The molecule has 160 valence electrons. The number of carbonyl (C=O) groups is 2. The molecule has 3 rings (SSSR count). The highest BCUT2D eigenvalue weighted by atomic mass is 32.2. The van der Waals surface area contributed by atoms with Crippen molar-refractivity contribution in [1.82, 2.24) is 15.2 Å². The largest absolute Gasteiger partial charge is 0.508 e. The van der Waals surface area contributed by atoms with Crippen LogP contribution in [0.5, 0.6) is 5.75 Å². The third-order valence-electron chi connectivity index (χ3n) is 4.53. The summed E-state index contributed by atoms with van der Waals surface area (Å²) in [6, 6.07) is 9.95. The van der Waals surface area contributed by atoms with Gasteiger partial charge in [-0.2, -0.15) is 0 Å². The number of aromatic nitrogens is 1. The fourth-order valence-corrected chi connectivity index (χ4v) is 4.54. The second-order valence-electron chi connectivity index (χ2n) is 8.08. The molecule has 8 heteroatoms. The second kappa shape index (κ2) is 9.38. The molecular weight excluding hydrogens is 402 g/mol. The Morgan fingerprint density at radius 2 is 2.00 bits per heavy atom. The molecule has 2 N–H and O–H groups in total. The molecule has 1 fully saturated rings. The van der Waals surface area contributed by atoms with Crippen molar-refractivity contribution in [3.8, 4) is 5.75 Å². The molecule has 1 aliphatic heterocycles. The number of ether oxygens (including phenoxy) is 1. The summed E-state index contributed by atoms with van der Waals surface area (Å²) in [6.07, 6.45) is 3.50. The van der Waals surface area contributed by atoms with Crippen molar-refractivity contribution in [2.24, 2.45) is 0 Å². The number of phenols is 1. The van der Waals surface area contributed by atoms with Gasteiger partial charge in [0.1, 0.15) is 22.8 Å². The second-order valence-corrected chi connectivity index (χ2v) is 9.20. The number of rotatable bonds is 5. The van der Waals surface area contributed by atoms with E-state index >= 15 is 0 Å². The van der Waals surface area contributed by atoms with Crippen molar-refractivity contribution in [2.45, 2.75) is 44.2 Å². The molecule has 2 aromatic rings. The van der Waals surface area contributed by atoms with E-state index < -0.39 is 17.7 Å². The average Bonchev–Trinajstić information content (AvgIpc) is 3.14. The van der Waals surface area contributed by atoms with E-state index in [1.54, 1.807) is 45.3 Å². The molecule has 2 atom stereocenters. The number of nitrogens with zero attached hydrogens (tertiary/aromatic N) is 2. The molecule has 1 aromatic heterocycles. The van der Waals surface area contributed by atoms with E-state index in [2.05, 4.69) is 10.3 Å². The van der Waals surface area contributed by atoms with Gasteiger partial charge in [0.25, 0.3) is 0 Å². The Kier molecular flexibility index (Phi) is 6.87. The molecule has 2 unspecified atom stereocenters. The van der Waals surface area contributed by atoms with Crippen molar-refractivity contribution in [2.75, 3.05) is 12.3 Å². The Labute approximate surface area is 180 Å². The van der Waals surface area contributed by atoms with Crippen LogP contribution in [-0.4, -0.2) is 50.9 Å². The summed E-state index contributed by atoms with van der Waals surface area (Å²) < 4.78 is 5.59. The van der Waals surface area contributed by atoms with Gasteiger partial charge in [0, 0.05) is 30.3 Å². The highest BCUT2D eigenvalue weighted by molar-refractivity contribution is 7.99. The van der Waals surface area contributed by atoms with Crippen LogP contribution in [0.1, 0.15) is 37.3 Å². The first-order chi connectivity index (χ1) is 14.2. The van der Waals surface area contributed by atoms with Crippen LogP contribution in [0.3, 0.4) is 0 Å². The van der Waals surface area contributed by atoms with Crippen molar-refractivity contribution in [3.05, 3.63) is 59.9 Å². The van der Waals surface area contributed by atoms with Crippen LogP contribution in [0.25, 0.3) is 0 Å². The smallest absolute Gasteiger partial charge is 0.412 e. The van der Waals surface area contributed by atoms with E-state index in [0.717, 1.165) is 11.1 Å². The lowest BCUT2D eigenvalue weighted by atomic mass is 10.1. The molecule has 7 nitrogen and oxygen atoms in total. The number of amides is 2. The van der Waals surface area contributed by atoms with Gasteiger partial charge in [-0.1, -0.05) is 18.2 Å². The van der Waals surface area contributed by atoms with Gasteiger partial charge < -0.3 is 15.2 Å². The topological polar surface area (TPSA) is 91.8 Å². The number of carbonyl (C=O) groups excluding carboxylic acids is 2. The molecule has 1 saturated heterocycles. The van der Waals surface area contributed by atoms with E-state index in [-0.39, 0.29) is 17.0 Å². The number of aromatic hydroxyl groups is 1. The number of benzene rings is 1. The van der Waals surface area contributed by atoms with Gasteiger partial charge in [-0.3, -0.25) is 14.7 Å². The standard InChI is InChI=1S/C22H27N3O4S/c1-22(2,3)29-21(28)25-18(14-30-20(25)16-5-4-11-23-13-16)19(27)24-12-10-15-6-8-17(26)9-7-15/h4-9,11,13,18,20,26H,10,12,14H2,1-3H3,(H,24,27). The fourth-order valence-electron chi connectivity index (χ4n) is 3.14. The lowest BCUT2D eigenvalue weighted by Crippen LogP contribution is -2.49. The van der Waals surface area contributed by atoms with E-state index in [4.69, 9.17) is 4.74 Å². The summed E-state index contributed by atoms with van der Waals surface area (Å²) in [5.41, 5.74) is 1.20. The highest BCUT2D eigenvalue weighted by Crippen LogP contribution is 2.42. The minimum Gasteiger partial charge on any atom is -0.508 e. The molecule has 1 aromatic carbocycles. The predicted octanol–water partition coefficient (Wildman–Crippen LogP) is 3.50. The first kappa shape index (κ1) is 22.0. The molecule has 0 saturated carbocycles. The van der Waals surface area contributed by atoms with Crippen LogP contribution in [-0.2, 0) is 16.0 Å². The number of pyridine rings is 1. The summed E-state index contributed by atoms with van der Waals surface area (Å²) >= 11 is 1.52. The summed E-state index contributed by atoms with van der Waals surface area (Å²) in [4.78, 5) is 31.5. The summed E-state index contributed by atoms with van der Waals surface area (Å²) in [7, 11) is 0. The Morgan fingerprint density at radius 3 is 2.63 bits per heavy atom. The maximum Gasteiger partial charge on any atom is 0.412 e. The summed E-state index contributed by atoms with van der Waals surface area (Å²) in [6.45, 7) is 5.85. The van der Waals surface area contributed by atoms with E-state index in [9.17, 15) is 14.7 Å².